The van der Waals surface area contributed by atoms with E-state index in [9.17, 15) is 4.79 Å². The number of terminal acetylenes is 1. The largest absolute Gasteiger partial charge is 0.378 e. The molecule has 1 N–H and O–H groups in total. The molecule has 0 unspecified atom stereocenters. The van der Waals surface area contributed by atoms with Crippen molar-refractivity contribution in [3.63, 3.8) is 0 Å². The Bertz CT molecular complexity index is 588. The zero-order valence-electron chi connectivity index (χ0n) is 12.2. The van der Waals surface area contributed by atoms with E-state index in [2.05, 4.69) is 22.6 Å². The molecule has 4 nitrogen and oxygen atoms in total. The lowest BCUT2D eigenvalue weighted by atomic mass is 9.88. The van der Waals surface area contributed by atoms with Gasteiger partial charge in [0, 0.05) is 11.3 Å². The summed E-state index contributed by atoms with van der Waals surface area (Å²) < 4.78 is 1.44. The highest BCUT2D eigenvalue weighted by Gasteiger charge is 2.31. The summed E-state index contributed by atoms with van der Waals surface area (Å²) in [5, 5.41) is 7.54. The molecule has 1 aliphatic carbocycles. The van der Waals surface area contributed by atoms with Crippen LogP contribution in [-0.2, 0) is 6.54 Å². The van der Waals surface area contributed by atoms with Crippen LogP contribution >= 0.6 is 23.4 Å². The molecule has 0 bridgehead atoms. The van der Waals surface area contributed by atoms with Gasteiger partial charge in [-0.15, -0.1) is 6.42 Å². The van der Waals surface area contributed by atoms with E-state index in [0.717, 1.165) is 6.54 Å². The third-order valence-electron chi connectivity index (χ3n) is 4.02. The van der Waals surface area contributed by atoms with Gasteiger partial charge in [-0.1, -0.05) is 36.8 Å². The first-order valence-electron chi connectivity index (χ1n) is 7.10. The zero-order valence-corrected chi connectivity index (χ0v) is 13.8. The van der Waals surface area contributed by atoms with Gasteiger partial charge in [-0.2, -0.15) is 16.9 Å². The van der Waals surface area contributed by atoms with Crippen molar-refractivity contribution < 1.29 is 0 Å². The van der Waals surface area contributed by atoms with Gasteiger partial charge in [0.15, 0.2) is 0 Å². The summed E-state index contributed by atoms with van der Waals surface area (Å²) in [6.45, 7) is 0.890. The summed E-state index contributed by atoms with van der Waals surface area (Å²) >= 11 is 7.99. The van der Waals surface area contributed by atoms with Crippen molar-refractivity contribution in [2.75, 3.05) is 18.1 Å². The maximum atomic E-state index is 12.3. The van der Waals surface area contributed by atoms with Crippen LogP contribution < -0.4 is 10.9 Å². The number of aromatic nitrogens is 2. The minimum Gasteiger partial charge on any atom is -0.378 e. The molecular formula is C15H20ClN3OS. The Morgan fingerprint density at radius 1 is 1.52 bits per heavy atom. The molecule has 1 heterocycles. The Balaban J connectivity index is 2.17. The Labute approximate surface area is 134 Å². The smallest absolute Gasteiger partial charge is 0.292 e. The molecule has 1 fully saturated rings. The molecule has 2 rings (SSSR count). The molecule has 6 heteroatoms. The third-order valence-corrected chi connectivity index (χ3v) is 5.73. The van der Waals surface area contributed by atoms with E-state index >= 15 is 0 Å². The van der Waals surface area contributed by atoms with Crippen LogP contribution in [0.1, 0.15) is 32.1 Å². The Morgan fingerprint density at radius 3 is 2.86 bits per heavy atom. The SMILES string of the molecule is C#CCn1ncc(Cl)c(NCC2(SC)CCCCC2)c1=O. The summed E-state index contributed by atoms with van der Waals surface area (Å²) in [4.78, 5) is 12.3. The van der Waals surface area contributed by atoms with Gasteiger partial charge in [-0.05, 0) is 19.1 Å². The van der Waals surface area contributed by atoms with Crippen LogP contribution in [0.15, 0.2) is 11.0 Å². The van der Waals surface area contributed by atoms with Crippen molar-refractivity contribution in [2.24, 2.45) is 0 Å². The Kier molecular flexibility index (Phi) is 5.60. The van der Waals surface area contributed by atoms with Crippen molar-refractivity contribution in [3.05, 3.63) is 21.6 Å². The van der Waals surface area contributed by atoms with Gasteiger partial charge in [0.2, 0.25) is 0 Å². The van der Waals surface area contributed by atoms with Crippen LogP contribution in [0.4, 0.5) is 5.69 Å². The Hall–Kier alpha value is -1.12. The molecule has 1 aliphatic rings. The molecule has 0 radical (unpaired) electrons. The minimum absolute atomic E-state index is 0.151. The Morgan fingerprint density at radius 2 is 2.24 bits per heavy atom. The third kappa shape index (κ3) is 3.75. The predicted molar refractivity (Wildman–Crippen MR) is 90.2 cm³/mol. The van der Waals surface area contributed by atoms with Crippen LogP contribution in [-0.4, -0.2) is 27.3 Å². The lowest BCUT2D eigenvalue weighted by Crippen LogP contribution is -2.37. The fraction of sp³-hybridized carbons (Fsp3) is 0.600. The van der Waals surface area contributed by atoms with Gasteiger partial charge in [-0.3, -0.25) is 4.79 Å². The number of thioether (sulfide) groups is 1. The summed E-state index contributed by atoms with van der Waals surface area (Å²) in [6, 6.07) is 0. The molecule has 0 spiro atoms. The molecule has 0 saturated heterocycles. The lowest BCUT2D eigenvalue weighted by molar-refractivity contribution is 0.411. The fourth-order valence-electron chi connectivity index (χ4n) is 2.73. The minimum atomic E-state index is -0.257. The van der Waals surface area contributed by atoms with Crippen molar-refractivity contribution in [2.45, 2.75) is 43.4 Å². The second-order valence-corrected chi connectivity index (χ2v) is 7.02. The number of nitrogens with zero attached hydrogens (tertiary/aromatic N) is 2. The van der Waals surface area contributed by atoms with E-state index in [1.165, 1.54) is 43.0 Å². The second kappa shape index (κ2) is 7.24. The average Bonchev–Trinajstić information content (AvgIpc) is 2.51. The van der Waals surface area contributed by atoms with Gasteiger partial charge in [0.1, 0.15) is 12.2 Å². The summed E-state index contributed by atoms with van der Waals surface area (Å²) in [5.41, 5.74) is 0.147. The van der Waals surface area contributed by atoms with Crippen molar-refractivity contribution >= 4 is 29.1 Å². The van der Waals surface area contributed by atoms with Crippen LogP contribution in [0.2, 0.25) is 5.02 Å². The van der Waals surface area contributed by atoms with Gasteiger partial charge >= 0.3 is 0 Å². The number of rotatable bonds is 5. The maximum absolute atomic E-state index is 12.3. The van der Waals surface area contributed by atoms with Crippen molar-refractivity contribution in [1.29, 1.82) is 0 Å². The second-order valence-electron chi connectivity index (χ2n) is 5.34. The monoisotopic (exact) mass is 325 g/mol. The van der Waals surface area contributed by atoms with E-state index < -0.39 is 0 Å². The zero-order chi connectivity index (χ0) is 15.3. The first-order chi connectivity index (χ1) is 10.1. The molecule has 0 aliphatic heterocycles. The number of anilines is 1. The molecule has 21 heavy (non-hydrogen) atoms. The van der Waals surface area contributed by atoms with E-state index in [4.69, 9.17) is 18.0 Å². The number of hydrogen-bond acceptors (Lipinski definition) is 4. The molecule has 1 aromatic rings. The van der Waals surface area contributed by atoms with Gasteiger partial charge < -0.3 is 5.32 Å². The molecular weight excluding hydrogens is 306 g/mol. The fourth-order valence-corrected chi connectivity index (χ4v) is 3.83. The quantitative estimate of drug-likeness (QED) is 0.845. The highest BCUT2D eigenvalue weighted by molar-refractivity contribution is 8.00. The van der Waals surface area contributed by atoms with Crippen LogP contribution in [0, 0.1) is 12.3 Å². The van der Waals surface area contributed by atoms with Crippen LogP contribution in [0.3, 0.4) is 0 Å². The number of nitrogens with one attached hydrogen (secondary N) is 1. The molecule has 0 amide bonds. The first kappa shape index (κ1) is 16.3. The highest BCUT2D eigenvalue weighted by Crippen LogP contribution is 2.38. The van der Waals surface area contributed by atoms with E-state index in [-0.39, 0.29) is 16.9 Å². The maximum Gasteiger partial charge on any atom is 0.292 e. The summed E-state index contributed by atoms with van der Waals surface area (Å²) in [5.74, 6) is 2.42. The number of halogens is 1. The highest BCUT2D eigenvalue weighted by atomic mass is 35.5. The topological polar surface area (TPSA) is 46.9 Å². The van der Waals surface area contributed by atoms with Crippen molar-refractivity contribution in [3.8, 4) is 12.3 Å². The first-order valence-corrected chi connectivity index (χ1v) is 8.70. The molecule has 0 atom stereocenters. The normalized spacial score (nSPS) is 17.2. The van der Waals surface area contributed by atoms with Crippen molar-refractivity contribution in [1.82, 2.24) is 9.78 Å². The summed E-state index contributed by atoms with van der Waals surface area (Å²) in [6.07, 6.45) is 15.0. The lowest BCUT2D eigenvalue weighted by Gasteiger charge is -2.36. The van der Waals surface area contributed by atoms with Gasteiger partial charge in [0.25, 0.3) is 5.56 Å². The molecule has 1 saturated carbocycles. The van der Waals surface area contributed by atoms with Gasteiger partial charge in [-0.25, -0.2) is 4.68 Å². The molecule has 114 valence electrons. The molecule has 0 aromatic carbocycles. The van der Waals surface area contributed by atoms with Gasteiger partial charge in [0.05, 0.1) is 11.2 Å². The van der Waals surface area contributed by atoms with E-state index in [1.807, 2.05) is 11.8 Å². The number of hydrogen-bond donors (Lipinski definition) is 1. The van der Waals surface area contributed by atoms with E-state index in [1.54, 1.807) is 0 Å². The van der Waals surface area contributed by atoms with Crippen LogP contribution in [0.25, 0.3) is 0 Å². The average molecular weight is 326 g/mol. The predicted octanol–water partition coefficient (Wildman–Crippen LogP) is 3.01. The van der Waals surface area contributed by atoms with Crippen LogP contribution in [0.5, 0.6) is 0 Å². The standard InChI is InChI=1S/C15H20ClN3OS/c1-3-9-19-14(20)13(12(16)10-18-19)17-11-15(21-2)7-5-4-6-8-15/h1,10,17H,4-9,11H2,2H3. The molecule has 1 aromatic heterocycles. The van der Waals surface area contributed by atoms with E-state index in [0.29, 0.717) is 10.7 Å². The summed E-state index contributed by atoms with van der Waals surface area (Å²) in [7, 11) is 0.